The van der Waals surface area contributed by atoms with Crippen molar-refractivity contribution in [3.05, 3.63) is 52.0 Å². The molecule has 1 heterocycles. The van der Waals surface area contributed by atoms with Gasteiger partial charge in [-0.2, -0.15) is 0 Å². The van der Waals surface area contributed by atoms with Crippen molar-refractivity contribution in [2.24, 2.45) is 0 Å². The van der Waals surface area contributed by atoms with Gasteiger partial charge in [0.05, 0.1) is 5.88 Å². The number of amides is 1. The summed E-state index contributed by atoms with van der Waals surface area (Å²) in [5.74, 6) is 0.0852. The Kier molecular flexibility index (Phi) is 6.24. The summed E-state index contributed by atoms with van der Waals surface area (Å²) < 4.78 is 19.7. The van der Waals surface area contributed by atoms with Gasteiger partial charge in [0.15, 0.2) is 0 Å². The van der Waals surface area contributed by atoms with Crippen LogP contribution >= 0.6 is 22.9 Å². The first-order chi connectivity index (χ1) is 11.0. The van der Waals surface area contributed by atoms with Crippen LogP contribution in [-0.2, 0) is 5.88 Å². The molecule has 0 spiro atoms. The molecular weight excluding hydrogens is 341 g/mol. The number of hydrogen-bond donors (Lipinski definition) is 1. The van der Waals surface area contributed by atoms with Gasteiger partial charge in [0.2, 0.25) is 0 Å². The average Bonchev–Trinajstić information content (AvgIpc) is 3.05. The molecule has 0 saturated carbocycles. The molecule has 2 rings (SSSR count). The van der Waals surface area contributed by atoms with Crippen molar-refractivity contribution in [1.29, 1.82) is 0 Å². The van der Waals surface area contributed by atoms with Crippen LogP contribution in [0.25, 0.3) is 0 Å². The largest absolute Gasteiger partial charge is 0.485 e. The third-order valence-electron chi connectivity index (χ3n) is 3.36. The number of thiophene rings is 1. The van der Waals surface area contributed by atoms with Crippen LogP contribution in [-0.4, -0.2) is 29.7 Å². The second kappa shape index (κ2) is 8.17. The van der Waals surface area contributed by atoms with Crippen LogP contribution in [0.2, 0.25) is 0 Å². The van der Waals surface area contributed by atoms with E-state index in [0.29, 0.717) is 24.3 Å². The smallest absolute Gasteiger partial charge is 0.407 e. The van der Waals surface area contributed by atoms with E-state index >= 15 is 0 Å². The second-order valence-electron chi connectivity index (χ2n) is 5.00. The quantitative estimate of drug-likeness (QED) is 0.728. The van der Waals surface area contributed by atoms with Crippen LogP contribution in [0.3, 0.4) is 0 Å². The third kappa shape index (κ3) is 4.84. The molecule has 0 bridgehead atoms. The van der Waals surface area contributed by atoms with Gasteiger partial charge in [-0.15, -0.1) is 22.9 Å². The predicted octanol–water partition coefficient (Wildman–Crippen LogP) is 4.75. The predicted molar refractivity (Wildman–Crippen MR) is 88.9 cm³/mol. The van der Waals surface area contributed by atoms with Crippen LogP contribution in [0.5, 0.6) is 5.75 Å². The molecular formula is C16H17ClFNO3S. The Balaban J connectivity index is 2.11. The molecule has 0 saturated heterocycles. The molecule has 1 amide bonds. The van der Waals surface area contributed by atoms with Gasteiger partial charge in [-0.25, -0.2) is 9.18 Å². The summed E-state index contributed by atoms with van der Waals surface area (Å²) in [5.41, 5.74) is 0.414. The average molecular weight is 358 g/mol. The minimum absolute atomic E-state index is 0.101. The van der Waals surface area contributed by atoms with Gasteiger partial charge in [-0.1, -0.05) is 12.1 Å². The van der Waals surface area contributed by atoms with Crippen molar-refractivity contribution in [3.8, 4) is 5.75 Å². The van der Waals surface area contributed by atoms with E-state index in [-0.39, 0.29) is 12.0 Å². The number of carbonyl (C=O) groups is 1. The standard InChI is InChI=1S/C16H17ClFNO3S/c1-19(16(20)21)7-6-14(15-3-2-8-23-15)22-12-5-4-11(10-17)13(18)9-12/h2-5,8-9,14H,6-7,10H2,1H3,(H,20,21). The fraction of sp³-hybridized carbons (Fsp3) is 0.312. The Morgan fingerprint density at radius 2 is 2.26 bits per heavy atom. The second-order valence-corrected chi connectivity index (χ2v) is 6.25. The highest BCUT2D eigenvalue weighted by Gasteiger charge is 2.18. The summed E-state index contributed by atoms with van der Waals surface area (Å²) in [7, 11) is 1.50. The molecule has 7 heteroatoms. The molecule has 1 N–H and O–H groups in total. The van der Waals surface area contributed by atoms with Crippen LogP contribution in [0.15, 0.2) is 35.7 Å². The topological polar surface area (TPSA) is 49.8 Å². The van der Waals surface area contributed by atoms with E-state index in [2.05, 4.69) is 0 Å². The Morgan fingerprint density at radius 1 is 1.48 bits per heavy atom. The number of ether oxygens (including phenoxy) is 1. The highest BCUT2D eigenvalue weighted by molar-refractivity contribution is 7.10. The van der Waals surface area contributed by atoms with Crippen molar-refractivity contribution in [1.82, 2.24) is 4.90 Å². The van der Waals surface area contributed by atoms with Crippen LogP contribution in [0, 0.1) is 5.82 Å². The molecule has 0 radical (unpaired) electrons. The zero-order valence-electron chi connectivity index (χ0n) is 12.5. The molecule has 1 unspecified atom stereocenters. The van der Waals surface area contributed by atoms with Crippen molar-refractivity contribution < 1.29 is 19.0 Å². The van der Waals surface area contributed by atoms with Crippen molar-refractivity contribution >= 4 is 29.0 Å². The summed E-state index contributed by atoms with van der Waals surface area (Å²) in [5, 5.41) is 10.9. The molecule has 0 aliphatic carbocycles. The molecule has 0 fully saturated rings. The Morgan fingerprint density at radius 3 is 2.83 bits per heavy atom. The summed E-state index contributed by atoms with van der Waals surface area (Å²) in [6.45, 7) is 0.320. The monoisotopic (exact) mass is 357 g/mol. The Bertz CT molecular complexity index is 651. The number of nitrogens with zero attached hydrogens (tertiary/aromatic N) is 1. The van der Waals surface area contributed by atoms with Gasteiger partial charge in [0.1, 0.15) is 17.7 Å². The highest BCUT2D eigenvalue weighted by Crippen LogP contribution is 2.29. The molecule has 2 aromatic rings. The van der Waals surface area contributed by atoms with Gasteiger partial charge in [0.25, 0.3) is 0 Å². The van der Waals surface area contributed by atoms with Crippen LogP contribution < -0.4 is 4.74 Å². The van der Waals surface area contributed by atoms with Gasteiger partial charge >= 0.3 is 6.09 Å². The van der Waals surface area contributed by atoms with Crippen LogP contribution in [0.4, 0.5) is 9.18 Å². The molecule has 23 heavy (non-hydrogen) atoms. The SMILES string of the molecule is CN(CCC(Oc1ccc(CCl)c(F)c1)c1cccs1)C(=O)O. The summed E-state index contributed by atoms with van der Waals surface area (Å²) in [4.78, 5) is 13.1. The van der Waals surface area contributed by atoms with E-state index in [4.69, 9.17) is 21.4 Å². The zero-order chi connectivity index (χ0) is 16.8. The van der Waals surface area contributed by atoms with E-state index in [9.17, 15) is 9.18 Å². The molecule has 1 aromatic heterocycles. The van der Waals surface area contributed by atoms with E-state index in [1.54, 1.807) is 12.1 Å². The fourth-order valence-corrected chi connectivity index (χ4v) is 3.02. The number of halogens is 2. The third-order valence-corrected chi connectivity index (χ3v) is 4.61. The normalized spacial score (nSPS) is 12.0. The maximum absolute atomic E-state index is 13.8. The van der Waals surface area contributed by atoms with Crippen molar-refractivity contribution in [2.45, 2.75) is 18.4 Å². The molecule has 0 aliphatic heterocycles. The van der Waals surface area contributed by atoms with E-state index < -0.39 is 11.9 Å². The number of carboxylic acid groups (broad SMARTS) is 1. The van der Waals surface area contributed by atoms with E-state index in [0.717, 1.165) is 4.88 Å². The van der Waals surface area contributed by atoms with E-state index in [1.807, 2.05) is 17.5 Å². The lowest BCUT2D eigenvalue weighted by atomic mass is 10.2. The summed E-state index contributed by atoms with van der Waals surface area (Å²) in [6.07, 6.45) is -0.854. The van der Waals surface area contributed by atoms with Crippen molar-refractivity contribution in [3.63, 3.8) is 0 Å². The zero-order valence-corrected chi connectivity index (χ0v) is 14.1. The molecule has 0 aliphatic rings. The van der Waals surface area contributed by atoms with Crippen LogP contribution in [0.1, 0.15) is 23.0 Å². The molecule has 1 aromatic carbocycles. The number of hydrogen-bond acceptors (Lipinski definition) is 3. The maximum Gasteiger partial charge on any atom is 0.407 e. The van der Waals surface area contributed by atoms with Gasteiger partial charge < -0.3 is 14.7 Å². The first kappa shape index (κ1) is 17.6. The number of alkyl halides is 1. The highest BCUT2D eigenvalue weighted by atomic mass is 35.5. The lowest BCUT2D eigenvalue weighted by molar-refractivity contribution is 0.141. The molecule has 1 atom stereocenters. The first-order valence-corrected chi connectivity index (χ1v) is 8.41. The number of benzene rings is 1. The number of rotatable bonds is 7. The van der Waals surface area contributed by atoms with Gasteiger partial charge in [-0.3, -0.25) is 0 Å². The first-order valence-electron chi connectivity index (χ1n) is 6.99. The lowest BCUT2D eigenvalue weighted by Gasteiger charge is -2.21. The van der Waals surface area contributed by atoms with Gasteiger partial charge in [0, 0.05) is 36.5 Å². The maximum atomic E-state index is 13.8. The molecule has 4 nitrogen and oxygen atoms in total. The summed E-state index contributed by atoms with van der Waals surface area (Å²) in [6, 6.07) is 8.38. The Labute approximate surface area is 143 Å². The summed E-state index contributed by atoms with van der Waals surface area (Å²) >= 11 is 7.16. The minimum atomic E-state index is -0.993. The van der Waals surface area contributed by atoms with E-state index in [1.165, 1.54) is 29.4 Å². The Hall–Kier alpha value is -1.79. The fourth-order valence-electron chi connectivity index (χ4n) is 2.01. The van der Waals surface area contributed by atoms with Gasteiger partial charge in [-0.05, 0) is 17.5 Å². The lowest BCUT2D eigenvalue weighted by Crippen LogP contribution is -2.27. The van der Waals surface area contributed by atoms with Crippen molar-refractivity contribution in [2.75, 3.05) is 13.6 Å². The molecule has 124 valence electrons. The minimum Gasteiger partial charge on any atom is -0.485 e.